The van der Waals surface area contributed by atoms with E-state index in [1.54, 1.807) is 23.0 Å². The van der Waals surface area contributed by atoms with Gasteiger partial charge in [0.05, 0.1) is 29.8 Å². The van der Waals surface area contributed by atoms with Crippen molar-refractivity contribution in [3.8, 4) is 11.8 Å². The molecule has 2 heterocycles. The van der Waals surface area contributed by atoms with Crippen LogP contribution in [0.15, 0.2) is 30.5 Å². The van der Waals surface area contributed by atoms with Gasteiger partial charge in [0.1, 0.15) is 11.6 Å². The normalized spacial score (nSPS) is 10.6. The number of hydrogen-bond donors (Lipinski definition) is 1. The van der Waals surface area contributed by atoms with Gasteiger partial charge in [0.2, 0.25) is 0 Å². The highest BCUT2D eigenvalue weighted by molar-refractivity contribution is 6.30. The van der Waals surface area contributed by atoms with Gasteiger partial charge in [-0.25, -0.2) is 14.6 Å². The quantitative estimate of drug-likeness (QED) is 0.778. The van der Waals surface area contributed by atoms with Crippen molar-refractivity contribution in [3.05, 3.63) is 41.3 Å². The molecule has 2 aromatic heterocycles. The Hall–Kier alpha value is -2.65. The zero-order valence-electron chi connectivity index (χ0n) is 10.3. The van der Waals surface area contributed by atoms with Crippen LogP contribution in [-0.4, -0.2) is 19.7 Å². The Kier molecular flexibility index (Phi) is 2.97. The molecule has 20 heavy (non-hydrogen) atoms. The summed E-state index contributed by atoms with van der Waals surface area (Å²) in [5.74, 6) is 0.702. The van der Waals surface area contributed by atoms with E-state index in [0.29, 0.717) is 27.7 Å². The van der Waals surface area contributed by atoms with Crippen LogP contribution in [0.2, 0.25) is 5.02 Å². The van der Waals surface area contributed by atoms with E-state index in [-0.39, 0.29) is 6.42 Å². The van der Waals surface area contributed by atoms with Crippen LogP contribution in [0.25, 0.3) is 16.7 Å². The Bertz CT molecular complexity index is 815. The van der Waals surface area contributed by atoms with Crippen molar-refractivity contribution in [1.82, 2.24) is 19.7 Å². The van der Waals surface area contributed by atoms with Gasteiger partial charge in [-0.05, 0) is 24.3 Å². The predicted octanol–water partition coefficient (Wildman–Crippen LogP) is 2.12. The van der Waals surface area contributed by atoms with Crippen molar-refractivity contribution in [2.45, 2.75) is 6.42 Å². The van der Waals surface area contributed by atoms with Gasteiger partial charge in [-0.15, -0.1) is 0 Å². The summed E-state index contributed by atoms with van der Waals surface area (Å²) in [5.41, 5.74) is 7.25. The first-order valence-electron chi connectivity index (χ1n) is 5.82. The van der Waals surface area contributed by atoms with Crippen LogP contribution in [-0.2, 0) is 6.42 Å². The van der Waals surface area contributed by atoms with Crippen LogP contribution in [0.1, 0.15) is 5.82 Å². The lowest BCUT2D eigenvalue weighted by Gasteiger charge is -2.04. The van der Waals surface area contributed by atoms with Crippen molar-refractivity contribution >= 4 is 28.5 Å². The number of nitrogen functional groups attached to an aromatic ring is 1. The summed E-state index contributed by atoms with van der Waals surface area (Å²) in [4.78, 5) is 8.42. The monoisotopic (exact) mass is 284 g/mol. The molecule has 0 aliphatic carbocycles. The number of fused-ring (bicyclic) bond motifs is 1. The Morgan fingerprint density at radius 2 is 2.00 bits per heavy atom. The lowest BCUT2D eigenvalue weighted by Crippen LogP contribution is -2.03. The van der Waals surface area contributed by atoms with Crippen LogP contribution in [0.5, 0.6) is 0 Å². The van der Waals surface area contributed by atoms with Gasteiger partial charge in [-0.2, -0.15) is 10.4 Å². The summed E-state index contributed by atoms with van der Waals surface area (Å²) >= 11 is 5.87. The maximum Gasteiger partial charge on any atom is 0.168 e. The fourth-order valence-electron chi connectivity index (χ4n) is 1.90. The number of aromatic nitrogens is 4. The van der Waals surface area contributed by atoms with E-state index in [9.17, 15) is 0 Å². The largest absolute Gasteiger partial charge is 0.383 e. The third-order valence-corrected chi connectivity index (χ3v) is 3.06. The molecule has 3 rings (SSSR count). The van der Waals surface area contributed by atoms with E-state index in [1.807, 2.05) is 18.2 Å². The zero-order chi connectivity index (χ0) is 14.1. The van der Waals surface area contributed by atoms with Crippen molar-refractivity contribution in [1.29, 1.82) is 5.26 Å². The van der Waals surface area contributed by atoms with Gasteiger partial charge in [-0.1, -0.05) is 11.6 Å². The Morgan fingerprint density at radius 3 is 2.70 bits per heavy atom. The number of nitrogens with two attached hydrogens (primary N) is 1. The number of hydrogen-bond acceptors (Lipinski definition) is 5. The fraction of sp³-hybridized carbons (Fsp3) is 0.0769. The molecular formula is C13H9ClN6. The van der Waals surface area contributed by atoms with Crippen LogP contribution in [0, 0.1) is 11.3 Å². The van der Waals surface area contributed by atoms with E-state index in [1.165, 1.54) is 0 Å². The van der Waals surface area contributed by atoms with E-state index in [4.69, 9.17) is 22.6 Å². The van der Waals surface area contributed by atoms with E-state index >= 15 is 0 Å². The second-order valence-electron chi connectivity index (χ2n) is 4.13. The molecule has 0 unspecified atom stereocenters. The van der Waals surface area contributed by atoms with Crippen molar-refractivity contribution in [3.63, 3.8) is 0 Å². The zero-order valence-corrected chi connectivity index (χ0v) is 11.0. The van der Waals surface area contributed by atoms with Crippen LogP contribution >= 0.6 is 11.6 Å². The summed E-state index contributed by atoms with van der Waals surface area (Å²) in [7, 11) is 0. The van der Waals surface area contributed by atoms with Crippen molar-refractivity contribution < 1.29 is 0 Å². The van der Waals surface area contributed by atoms with Gasteiger partial charge in [0.25, 0.3) is 0 Å². The van der Waals surface area contributed by atoms with Crippen LogP contribution in [0.4, 0.5) is 5.82 Å². The highest BCUT2D eigenvalue weighted by Gasteiger charge is 2.12. The van der Waals surface area contributed by atoms with Crippen LogP contribution in [0.3, 0.4) is 0 Å². The van der Waals surface area contributed by atoms with Gasteiger partial charge < -0.3 is 5.73 Å². The lowest BCUT2D eigenvalue weighted by atomic mass is 10.3. The SMILES string of the molecule is N#CCc1nc(N)c2cnn(-c3ccc(Cl)cc3)c2n1. The lowest BCUT2D eigenvalue weighted by molar-refractivity contribution is 0.886. The minimum absolute atomic E-state index is 0.103. The number of anilines is 1. The molecule has 0 spiro atoms. The third-order valence-electron chi connectivity index (χ3n) is 2.81. The fourth-order valence-corrected chi connectivity index (χ4v) is 2.02. The average Bonchev–Trinajstić information content (AvgIpc) is 2.84. The summed E-state index contributed by atoms with van der Waals surface area (Å²) in [5, 5.41) is 14.3. The average molecular weight is 285 g/mol. The molecule has 0 saturated heterocycles. The second-order valence-corrected chi connectivity index (χ2v) is 4.57. The standard InChI is InChI=1S/C13H9ClN6/c14-8-1-3-9(4-2-8)20-13-10(7-17-20)12(16)18-11(19-13)5-6-15/h1-4,7H,5H2,(H2,16,18,19). The number of nitriles is 1. The Morgan fingerprint density at radius 1 is 1.25 bits per heavy atom. The highest BCUT2D eigenvalue weighted by Crippen LogP contribution is 2.21. The summed E-state index contributed by atoms with van der Waals surface area (Å²) in [6.45, 7) is 0. The van der Waals surface area contributed by atoms with E-state index in [0.717, 1.165) is 5.69 Å². The first-order valence-corrected chi connectivity index (χ1v) is 6.20. The molecule has 7 heteroatoms. The molecule has 3 aromatic rings. The molecule has 0 bridgehead atoms. The molecule has 0 radical (unpaired) electrons. The smallest absolute Gasteiger partial charge is 0.168 e. The molecule has 0 saturated carbocycles. The minimum Gasteiger partial charge on any atom is -0.383 e. The van der Waals surface area contributed by atoms with E-state index in [2.05, 4.69) is 15.1 Å². The molecule has 1 aromatic carbocycles. The first kappa shape index (κ1) is 12.4. The summed E-state index contributed by atoms with van der Waals surface area (Å²) in [6.07, 6.45) is 1.71. The van der Waals surface area contributed by atoms with Gasteiger partial charge in [0.15, 0.2) is 5.65 Å². The number of halogens is 1. The van der Waals surface area contributed by atoms with E-state index < -0.39 is 0 Å². The molecule has 98 valence electrons. The molecule has 0 aliphatic rings. The molecule has 0 amide bonds. The number of benzene rings is 1. The number of rotatable bonds is 2. The Labute approximate surface area is 119 Å². The molecule has 0 atom stereocenters. The maximum atomic E-state index is 8.74. The Balaban J connectivity index is 2.21. The van der Waals surface area contributed by atoms with Gasteiger partial charge in [0, 0.05) is 5.02 Å². The van der Waals surface area contributed by atoms with Gasteiger partial charge in [-0.3, -0.25) is 0 Å². The predicted molar refractivity (Wildman–Crippen MR) is 75.4 cm³/mol. The third kappa shape index (κ3) is 2.04. The molecular weight excluding hydrogens is 276 g/mol. The molecule has 2 N–H and O–H groups in total. The number of nitrogens with zero attached hydrogens (tertiary/aromatic N) is 5. The van der Waals surface area contributed by atoms with Crippen LogP contribution < -0.4 is 5.73 Å². The first-order chi connectivity index (χ1) is 9.69. The molecule has 0 aliphatic heterocycles. The maximum absolute atomic E-state index is 8.74. The van der Waals surface area contributed by atoms with Crippen molar-refractivity contribution in [2.75, 3.05) is 5.73 Å². The highest BCUT2D eigenvalue weighted by atomic mass is 35.5. The summed E-state index contributed by atoms with van der Waals surface area (Å²) < 4.78 is 1.64. The summed E-state index contributed by atoms with van der Waals surface area (Å²) in [6, 6.07) is 9.21. The van der Waals surface area contributed by atoms with Crippen molar-refractivity contribution in [2.24, 2.45) is 0 Å². The molecule has 0 fully saturated rings. The second kappa shape index (κ2) is 4.79. The van der Waals surface area contributed by atoms with Gasteiger partial charge >= 0.3 is 0 Å². The minimum atomic E-state index is 0.103. The molecule has 6 nitrogen and oxygen atoms in total. The topological polar surface area (TPSA) is 93.4 Å².